The number of nitrogens with zero attached hydrogens (tertiary/aromatic N) is 2. The minimum absolute atomic E-state index is 0.0976. The zero-order valence-corrected chi connectivity index (χ0v) is 14.7. The van der Waals surface area contributed by atoms with Crippen LogP contribution in [0, 0.1) is 12.7 Å². The van der Waals surface area contributed by atoms with Gasteiger partial charge in [-0.2, -0.15) is 5.10 Å². The summed E-state index contributed by atoms with van der Waals surface area (Å²) >= 11 is 0. The highest BCUT2D eigenvalue weighted by Crippen LogP contribution is 2.23. The Balaban J connectivity index is 1.43. The average Bonchev–Trinajstić information content (AvgIpc) is 3.06. The van der Waals surface area contributed by atoms with Gasteiger partial charge in [-0.25, -0.2) is 4.39 Å². The summed E-state index contributed by atoms with van der Waals surface area (Å²) in [6, 6.07) is 6.62. The van der Waals surface area contributed by atoms with Crippen LogP contribution in [0.15, 0.2) is 24.3 Å². The fourth-order valence-corrected chi connectivity index (χ4v) is 3.50. The van der Waals surface area contributed by atoms with Crippen molar-refractivity contribution in [2.45, 2.75) is 39.4 Å². The lowest BCUT2D eigenvalue weighted by molar-refractivity contribution is -0.120. The predicted molar refractivity (Wildman–Crippen MR) is 97.1 cm³/mol. The van der Waals surface area contributed by atoms with Gasteiger partial charge >= 0.3 is 0 Å². The first-order valence-electron chi connectivity index (χ1n) is 8.90. The Hall–Kier alpha value is -2.67. The maximum absolute atomic E-state index is 13.5. The van der Waals surface area contributed by atoms with E-state index in [0.717, 1.165) is 59.6 Å². The molecule has 26 heavy (non-hydrogen) atoms. The Morgan fingerprint density at radius 2 is 2.27 bits per heavy atom. The standard InChI is InChI=1S/C19H22FN5O/c1-12-16(17-7-13(20)3-4-18(17)23-12)9-19(26)22-10-14-8-15-11-21-5-2-6-25(15)24-14/h3-4,7-8,21,23H,2,5-6,9-11H2,1H3,(H,22,26). The normalized spacial score (nSPS) is 14.2. The Morgan fingerprint density at radius 3 is 3.15 bits per heavy atom. The molecule has 0 spiro atoms. The molecule has 0 saturated carbocycles. The molecule has 3 aromatic rings. The number of benzene rings is 1. The fraction of sp³-hybridized carbons (Fsp3) is 0.368. The molecule has 1 aliphatic rings. The molecule has 1 aromatic carbocycles. The molecule has 3 heterocycles. The number of H-pyrrole nitrogens is 1. The zero-order chi connectivity index (χ0) is 18.1. The third-order valence-corrected chi connectivity index (χ3v) is 4.83. The largest absolute Gasteiger partial charge is 0.358 e. The van der Waals surface area contributed by atoms with E-state index in [1.54, 1.807) is 6.07 Å². The van der Waals surface area contributed by atoms with Gasteiger partial charge in [0, 0.05) is 29.7 Å². The quantitative estimate of drug-likeness (QED) is 0.671. The molecule has 6 nitrogen and oxygen atoms in total. The van der Waals surface area contributed by atoms with Gasteiger partial charge in [0.1, 0.15) is 5.82 Å². The molecule has 7 heteroatoms. The summed E-state index contributed by atoms with van der Waals surface area (Å²) in [5.41, 5.74) is 4.58. The molecule has 0 saturated heterocycles. The van der Waals surface area contributed by atoms with E-state index in [9.17, 15) is 9.18 Å². The zero-order valence-electron chi connectivity index (χ0n) is 14.7. The molecule has 1 aliphatic heterocycles. The number of amides is 1. The second-order valence-corrected chi connectivity index (χ2v) is 6.75. The molecule has 136 valence electrons. The molecular formula is C19H22FN5O. The second kappa shape index (κ2) is 6.92. The van der Waals surface area contributed by atoms with Crippen LogP contribution in [0.1, 0.15) is 29.1 Å². The van der Waals surface area contributed by atoms with Gasteiger partial charge < -0.3 is 15.6 Å². The summed E-state index contributed by atoms with van der Waals surface area (Å²) in [6.45, 7) is 5.01. The van der Waals surface area contributed by atoms with Crippen molar-refractivity contribution in [3.05, 3.63) is 52.7 Å². The van der Waals surface area contributed by atoms with E-state index >= 15 is 0 Å². The summed E-state index contributed by atoms with van der Waals surface area (Å²) in [4.78, 5) is 15.6. The lowest BCUT2D eigenvalue weighted by Crippen LogP contribution is -2.25. The molecule has 3 N–H and O–H groups in total. The predicted octanol–water partition coefficient (Wildman–Crippen LogP) is 2.16. The number of rotatable bonds is 4. The van der Waals surface area contributed by atoms with Crippen LogP contribution in [-0.4, -0.2) is 27.2 Å². The number of aryl methyl sites for hydroxylation is 2. The van der Waals surface area contributed by atoms with Crippen molar-refractivity contribution in [3.8, 4) is 0 Å². The Morgan fingerprint density at radius 1 is 1.38 bits per heavy atom. The molecule has 0 fully saturated rings. The van der Waals surface area contributed by atoms with Gasteiger partial charge in [-0.1, -0.05) is 0 Å². The van der Waals surface area contributed by atoms with Gasteiger partial charge in [-0.05, 0) is 49.7 Å². The summed E-state index contributed by atoms with van der Waals surface area (Å²) in [7, 11) is 0. The molecule has 1 amide bonds. The molecule has 0 unspecified atom stereocenters. The Labute approximate surface area is 150 Å². The lowest BCUT2D eigenvalue weighted by atomic mass is 10.1. The lowest BCUT2D eigenvalue weighted by Gasteiger charge is -2.04. The maximum atomic E-state index is 13.5. The van der Waals surface area contributed by atoms with Crippen LogP contribution in [0.4, 0.5) is 4.39 Å². The first kappa shape index (κ1) is 16.8. The number of hydrogen-bond acceptors (Lipinski definition) is 3. The van der Waals surface area contributed by atoms with E-state index in [1.165, 1.54) is 12.1 Å². The van der Waals surface area contributed by atoms with E-state index in [0.29, 0.717) is 6.54 Å². The SMILES string of the molecule is Cc1[nH]c2ccc(F)cc2c1CC(=O)NCc1cc2n(n1)CCCNC2. The smallest absolute Gasteiger partial charge is 0.224 e. The van der Waals surface area contributed by atoms with Crippen LogP contribution in [-0.2, 0) is 30.8 Å². The maximum Gasteiger partial charge on any atom is 0.224 e. The molecule has 0 radical (unpaired) electrons. The number of carbonyl (C=O) groups is 1. The highest BCUT2D eigenvalue weighted by molar-refractivity contribution is 5.90. The van der Waals surface area contributed by atoms with Crippen LogP contribution in [0.3, 0.4) is 0 Å². The van der Waals surface area contributed by atoms with Crippen molar-refractivity contribution in [2.75, 3.05) is 6.54 Å². The van der Waals surface area contributed by atoms with Crippen molar-refractivity contribution in [3.63, 3.8) is 0 Å². The van der Waals surface area contributed by atoms with Crippen molar-refractivity contribution >= 4 is 16.8 Å². The topological polar surface area (TPSA) is 74.7 Å². The van der Waals surface area contributed by atoms with Gasteiger partial charge in [0.25, 0.3) is 0 Å². The van der Waals surface area contributed by atoms with E-state index in [1.807, 2.05) is 17.7 Å². The van der Waals surface area contributed by atoms with Crippen molar-refractivity contribution < 1.29 is 9.18 Å². The van der Waals surface area contributed by atoms with E-state index < -0.39 is 0 Å². The number of halogens is 1. The third-order valence-electron chi connectivity index (χ3n) is 4.83. The molecule has 0 atom stereocenters. The van der Waals surface area contributed by atoms with Crippen molar-refractivity contribution in [1.29, 1.82) is 0 Å². The molecule has 2 aromatic heterocycles. The number of aromatic amines is 1. The van der Waals surface area contributed by atoms with E-state index in [4.69, 9.17) is 0 Å². The van der Waals surface area contributed by atoms with Gasteiger partial charge in [0.05, 0.1) is 24.4 Å². The number of carbonyl (C=O) groups excluding carboxylic acids is 1. The van der Waals surface area contributed by atoms with E-state index in [2.05, 4.69) is 20.7 Å². The summed E-state index contributed by atoms with van der Waals surface area (Å²) in [6.07, 6.45) is 1.27. The first-order chi connectivity index (χ1) is 12.6. The van der Waals surface area contributed by atoms with Crippen LogP contribution in [0.5, 0.6) is 0 Å². The van der Waals surface area contributed by atoms with Crippen molar-refractivity contribution in [2.24, 2.45) is 0 Å². The fourth-order valence-electron chi connectivity index (χ4n) is 3.50. The summed E-state index contributed by atoms with van der Waals surface area (Å²) < 4.78 is 15.6. The summed E-state index contributed by atoms with van der Waals surface area (Å²) in [5, 5.41) is 11.6. The number of fused-ring (bicyclic) bond motifs is 2. The van der Waals surface area contributed by atoms with Gasteiger partial charge in [-0.15, -0.1) is 0 Å². The van der Waals surface area contributed by atoms with Crippen LogP contribution in [0.25, 0.3) is 10.9 Å². The highest BCUT2D eigenvalue weighted by atomic mass is 19.1. The van der Waals surface area contributed by atoms with Crippen LogP contribution >= 0.6 is 0 Å². The molecular weight excluding hydrogens is 333 g/mol. The second-order valence-electron chi connectivity index (χ2n) is 6.75. The van der Waals surface area contributed by atoms with Gasteiger partial charge in [0.2, 0.25) is 5.91 Å². The molecule has 0 bridgehead atoms. The molecule has 0 aliphatic carbocycles. The first-order valence-corrected chi connectivity index (χ1v) is 8.90. The minimum atomic E-state index is -0.300. The van der Waals surface area contributed by atoms with Crippen LogP contribution < -0.4 is 10.6 Å². The highest BCUT2D eigenvalue weighted by Gasteiger charge is 2.15. The Bertz CT molecular complexity index is 935. The third kappa shape index (κ3) is 3.35. The van der Waals surface area contributed by atoms with Crippen LogP contribution in [0.2, 0.25) is 0 Å². The van der Waals surface area contributed by atoms with Gasteiger partial charge in [0.15, 0.2) is 0 Å². The van der Waals surface area contributed by atoms with Gasteiger partial charge in [-0.3, -0.25) is 9.48 Å². The number of aromatic nitrogens is 3. The number of nitrogens with one attached hydrogen (secondary N) is 3. The average molecular weight is 355 g/mol. The van der Waals surface area contributed by atoms with Crippen molar-refractivity contribution in [1.82, 2.24) is 25.4 Å². The Kier molecular flexibility index (Phi) is 4.46. The van der Waals surface area contributed by atoms with E-state index in [-0.39, 0.29) is 18.1 Å². The minimum Gasteiger partial charge on any atom is -0.358 e. The molecule has 4 rings (SSSR count). The monoisotopic (exact) mass is 355 g/mol. The summed E-state index contributed by atoms with van der Waals surface area (Å²) in [5.74, 6) is -0.397. The number of hydrogen-bond donors (Lipinski definition) is 3.